The fourth-order valence-electron chi connectivity index (χ4n) is 2.02. The minimum atomic E-state index is -0.744. The molecule has 3 aromatic rings. The third-order valence-corrected chi connectivity index (χ3v) is 4.14. The van der Waals surface area contributed by atoms with Gasteiger partial charge in [-0.15, -0.1) is 5.10 Å². The highest BCUT2D eigenvalue weighted by molar-refractivity contribution is 7.99. The average Bonchev–Trinajstić information content (AvgIpc) is 3.27. The van der Waals surface area contributed by atoms with Crippen LogP contribution in [0, 0.1) is 0 Å². The van der Waals surface area contributed by atoms with Crippen LogP contribution in [-0.4, -0.2) is 33.9 Å². The average molecular weight is 343 g/mol. The molecule has 8 heteroatoms. The zero-order valence-electron chi connectivity index (χ0n) is 12.7. The number of aromatic nitrogens is 3. The fraction of sp³-hybridized carbons (Fsp3) is 0.125. The third kappa shape index (κ3) is 3.54. The Labute approximate surface area is 141 Å². The third-order valence-electron chi connectivity index (χ3n) is 3.13. The zero-order valence-corrected chi connectivity index (χ0v) is 13.5. The number of methoxy groups -OCH3 is 1. The molecule has 3 rings (SSSR count). The molecule has 0 saturated heterocycles. The van der Waals surface area contributed by atoms with E-state index < -0.39 is 11.6 Å². The summed E-state index contributed by atoms with van der Waals surface area (Å²) < 4.78 is 10.7. The van der Waals surface area contributed by atoms with Crippen molar-refractivity contribution in [1.82, 2.24) is 15.2 Å². The second-order valence-electron chi connectivity index (χ2n) is 4.75. The molecule has 0 fully saturated rings. The van der Waals surface area contributed by atoms with E-state index in [1.807, 2.05) is 24.3 Å². The van der Waals surface area contributed by atoms with E-state index in [4.69, 9.17) is 9.15 Å². The van der Waals surface area contributed by atoms with Gasteiger partial charge in [0.05, 0.1) is 23.3 Å². The van der Waals surface area contributed by atoms with Crippen molar-refractivity contribution >= 4 is 23.3 Å². The molecule has 1 aromatic carbocycles. The maximum absolute atomic E-state index is 11.9. The van der Waals surface area contributed by atoms with E-state index in [1.54, 1.807) is 13.2 Å². The van der Waals surface area contributed by atoms with Crippen molar-refractivity contribution in [2.24, 2.45) is 0 Å². The van der Waals surface area contributed by atoms with Gasteiger partial charge in [-0.05, 0) is 18.2 Å². The Bertz CT molecular complexity index is 858. The van der Waals surface area contributed by atoms with E-state index in [1.165, 1.54) is 24.4 Å². The highest BCUT2D eigenvalue weighted by atomic mass is 32.2. The predicted octanol–water partition coefficient (Wildman–Crippen LogP) is 2.55. The maximum atomic E-state index is 11.9. The van der Waals surface area contributed by atoms with E-state index in [0.29, 0.717) is 5.76 Å². The number of ketones is 2. The molecule has 0 saturated carbocycles. The summed E-state index contributed by atoms with van der Waals surface area (Å²) in [7, 11) is 1.60. The summed E-state index contributed by atoms with van der Waals surface area (Å²) in [4.78, 5) is 29.2. The van der Waals surface area contributed by atoms with Crippen molar-refractivity contribution in [3.05, 3.63) is 54.5 Å². The molecular weight excluding hydrogens is 330 g/mol. The fourth-order valence-corrected chi connectivity index (χ4v) is 2.96. The number of nitrogens with zero attached hydrogens (tertiary/aromatic N) is 2. The van der Waals surface area contributed by atoms with Crippen LogP contribution >= 0.6 is 11.8 Å². The molecule has 24 heavy (non-hydrogen) atoms. The Kier molecular flexibility index (Phi) is 4.76. The Morgan fingerprint density at radius 2 is 2.17 bits per heavy atom. The van der Waals surface area contributed by atoms with Gasteiger partial charge in [0.2, 0.25) is 11.6 Å². The topological polar surface area (TPSA) is 98.1 Å². The maximum Gasteiger partial charge on any atom is 0.268 e. The van der Waals surface area contributed by atoms with Gasteiger partial charge in [-0.25, -0.2) is 4.98 Å². The van der Waals surface area contributed by atoms with Gasteiger partial charge >= 0.3 is 0 Å². The summed E-state index contributed by atoms with van der Waals surface area (Å²) in [5, 5.41) is 6.00. The van der Waals surface area contributed by atoms with Crippen LogP contribution in [0.15, 0.2) is 57.1 Å². The zero-order chi connectivity index (χ0) is 16.9. The van der Waals surface area contributed by atoms with Crippen LogP contribution in [0.4, 0.5) is 0 Å². The molecule has 0 aliphatic carbocycles. The van der Waals surface area contributed by atoms with Crippen LogP contribution in [0.2, 0.25) is 0 Å². The van der Waals surface area contributed by atoms with Gasteiger partial charge in [-0.1, -0.05) is 23.9 Å². The number of rotatable bonds is 7. The largest absolute Gasteiger partial charge is 0.496 e. The SMILES string of the molecule is COc1ccccc1Sc1coc(CC(=O)C(=O)c2nc[nH]n2)c1. The summed E-state index contributed by atoms with van der Waals surface area (Å²) in [6.07, 6.45) is 2.65. The Balaban J connectivity index is 1.67. The van der Waals surface area contributed by atoms with Crippen molar-refractivity contribution in [3.63, 3.8) is 0 Å². The summed E-state index contributed by atoms with van der Waals surface area (Å²) in [6.45, 7) is 0. The molecule has 2 heterocycles. The van der Waals surface area contributed by atoms with Gasteiger partial charge in [0.15, 0.2) is 0 Å². The van der Waals surface area contributed by atoms with Crippen molar-refractivity contribution < 1.29 is 18.7 Å². The summed E-state index contributed by atoms with van der Waals surface area (Å²) >= 11 is 1.45. The van der Waals surface area contributed by atoms with Gasteiger partial charge in [0, 0.05) is 0 Å². The van der Waals surface area contributed by atoms with Crippen molar-refractivity contribution in [2.45, 2.75) is 16.2 Å². The smallest absolute Gasteiger partial charge is 0.268 e. The van der Waals surface area contributed by atoms with E-state index >= 15 is 0 Å². The van der Waals surface area contributed by atoms with Crippen molar-refractivity contribution in [2.75, 3.05) is 7.11 Å². The Hall–Kier alpha value is -2.87. The first-order valence-electron chi connectivity index (χ1n) is 6.99. The lowest BCUT2D eigenvalue weighted by Gasteiger charge is -2.05. The molecule has 0 unspecified atom stereocenters. The molecule has 0 radical (unpaired) electrons. The van der Waals surface area contributed by atoms with Crippen molar-refractivity contribution in [3.8, 4) is 5.75 Å². The van der Waals surface area contributed by atoms with Crippen LogP contribution in [-0.2, 0) is 11.2 Å². The number of carbonyl (C=O) groups excluding carboxylic acids is 2. The highest BCUT2D eigenvalue weighted by Gasteiger charge is 2.21. The van der Waals surface area contributed by atoms with Gasteiger partial charge in [-0.2, -0.15) is 0 Å². The first-order valence-corrected chi connectivity index (χ1v) is 7.80. The number of H-pyrrole nitrogens is 1. The predicted molar refractivity (Wildman–Crippen MR) is 85.2 cm³/mol. The molecule has 7 nitrogen and oxygen atoms in total. The molecule has 0 atom stereocenters. The number of ether oxygens (including phenoxy) is 1. The van der Waals surface area contributed by atoms with Gasteiger partial charge < -0.3 is 9.15 Å². The number of carbonyl (C=O) groups is 2. The lowest BCUT2D eigenvalue weighted by Crippen LogP contribution is -2.17. The van der Waals surface area contributed by atoms with E-state index in [0.717, 1.165) is 15.5 Å². The molecule has 0 spiro atoms. The number of Topliss-reactive ketones (excluding diaryl/α,β-unsaturated/α-hetero) is 2. The number of para-hydroxylation sites is 1. The highest BCUT2D eigenvalue weighted by Crippen LogP contribution is 2.35. The number of hydrogen-bond donors (Lipinski definition) is 1. The molecule has 0 amide bonds. The minimum absolute atomic E-state index is 0.139. The first kappa shape index (κ1) is 16.0. The first-order chi connectivity index (χ1) is 11.7. The molecular formula is C16H13N3O4S. The quantitative estimate of drug-likeness (QED) is 0.520. The van der Waals surface area contributed by atoms with E-state index in [2.05, 4.69) is 15.2 Å². The molecule has 0 bridgehead atoms. The normalized spacial score (nSPS) is 10.5. The van der Waals surface area contributed by atoms with E-state index in [-0.39, 0.29) is 12.2 Å². The summed E-state index contributed by atoms with van der Waals surface area (Å²) in [6, 6.07) is 9.30. The Morgan fingerprint density at radius 1 is 1.33 bits per heavy atom. The lowest BCUT2D eigenvalue weighted by molar-refractivity contribution is -0.114. The van der Waals surface area contributed by atoms with E-state index in [9.17, 15) is 9.59 Å². The summed E-state index contributed by atoms with van der Waals surface area (Å²) in [5.74, 6) is -0.359. The number of hydrogen-bond acceptors (Lipinski definition) is 7. The van der Waals surface area contributed by atoms with Crippen molar-refractivity contribution in [1.29, 1.82) is 0 Å². The Morgan fingerprint density at radius 3 is 2.92 bits per heavy atom. The standard InChI is InChI=1S/C16H13N3O4S/c1-22-13-4-2-3-5-14(13)24-11-6-10(23-8-11)7-12(20)15(21)16-17-9-18-19-16/h2-6,8-9H,7H2,1H3,(H,17,18,19). The van der Waals surface area contributed by atoms with Gasteiger partial charge in [-0.3, -0.25) is 14.7 Å². The van der Waals surface area contributed by atoms with Crippen LogP contribution < -0.4 is 4.74 Å². The molecule has 0 aliphatic rings. The van der Waals surface area contributed by atoms with Crippen LogP contribution in [0.3, 0.4) is 0 Å². The summed E-state index contributed by atoms with van der Waals surface area (Å²) in [5.41, 5.74) is 0. The lowest BCUT2D eigenvalue weighted by atomic mass is 10.1. The second-order valence-corrected chi connectivity index (χ2v) is 5.87. The minimum Gasteiger partial charge on any atom is -0.496 e. The second kappa shape index (κ2) is 7.14. The van der Waals surface area contributed by atoms with Crippen LogP contribution in [0.5, 0.6) is 5.75 Å². The van der Waals surface area contributed by atoms with Crippen LogP contribution in [0.1, 0.15) is 16.4 Å². The number of nitrogens with one attached hydrogen (secondary N) is 1. The molecule has 1 N–H and O–H groups in total. The van der Waals surface area contributed by atoms with Crippen LogP contribution in [0.25, 0.3) is 0 Å². The molecule has 122 valence electrons. The molecule has 2 aromatic heterocycles. The number of furan rings is 1. The monoisotopic (exact) mass is 343 g/mol. The number of aromatic amines is 1. The number of benzene rings is 1. The van der Waals surface area contributed by atoms with Gasteiger partial charge in [0.1, 0.15) is 24.1 Å². The van der Waals surface area contributed by atoms with Gasteiger partial charge in [0.25, 0.3) is 5.78 Å². The molecule has 0 aliphatic heterocycles.